The molecule has 126 valence electrons. The van der Waals surface area contributed by atoms with Gasteiger partial charge in [-0.15, -0.1) is 16.9 Å². The van der Waals surface area contributed by atoms with Crippen LogP contribution in [0.3, 0.4) is 0 Å². The highest BCUT2D eigenvalue weighted by molar-refractivity contribution is 7.98. The molecule has 0 saturated carbocycles. The summed E-state index contributed by atoms with van der Waals surface area (Å²) in [6, 6.07) is 8.40. The lowest BCUT2D eigenvalue weighted by Crippen LogP contribution is -2.48. The maximum atomic E-state index is 14.1. The van der Waals surface area contributed by atoms with E-state index in [0.717, 1.165) is 25.2 Å². The Balaban J connectivity index is 1.71. The Morgan fingerprint density at radius 2 is 2.25 bits per heavy atom. The molecule has 1 fully saturated rings. The van der Waals surface area contributed by atoms with Gasteiger partial charge in [0, 0.05) is 30.2 Å². The first-order chi connectivity index (χ1) is 11.7. The molecule has 1 amide bonds. The number of rotatable bonds is 4. The summed E-state index contributed by atoms with van der Waals surface area (Å²) in [4.78, 5) is 15.3. The van der Waals surface area contributed by atoms with Crippen LogP contribution in [0.15, 0.2) is 41.4 Å². The van der Waals surface area contributed by atoms with Crippen molar-refractivity contribution in [1.82, 2.24) is 15.5 Å². The molecule has 3 rings (SSSR count). The molecule has 0 bridgehead atoms. The summed E-state index contributed by atoms with van der Waals surface area (Å²) in [6.45, 7) is 1.52. The fourth-order valence-corrected chi connectivity index (χ4v) is 3.53. The first-order valence-electron chi connectivity index (χ1n) is 7.85. The third-order valence-corrected chi connectivity index (χ3v) is 4.84. The summed E-state index contributed by atoms with van der Waals surface area (Å²) in [5.41, 5.74) is 0.127. The van der Waals surface area contributed by atoms with E-state index in [1.54, 1.807) is 18.3 Å². The lowest BCUT2D eigenvalue weighted by Gasteiger charge is -2.33. The highest BCUT2D eigenvalue weighted by atomic mass is 32.2. The normalized spacial score (nSPS) is 17.6. The maximum Gasteiger partial charge on any atom is 0.255 e. The van der Waals surface area contributed by atoms with Crippen LogP contribution >= 0.6 is 11.8 Å². The van der Waals surface area contributed by atoms with Gasteiger partial charge in [-0.25, -0.2) is 4.39 Å². The van der Waals surface area contributed by atoms with Gasteiger partial charge in [-0.3, -0.25) is 4.79 Å². The minimum Gasteiger partial charge on any atom is -0.353 e. The van der Waals surface area contributed by atoms with Gasteiger partial charge in [-0.1, -0.05) is 6.07 Å². The van der Waals surface area contributed by atoms with Gasteiger partial charge in [0.2, 0.25) is 0 Å². The Labute approximate surface area is 144 Å². The standard InChI is InChI=1S/C17H19FN4OS/c1-24-14-7-2-6-13(18)16(14)17(23)20-12-5-4-10-22(11-12)15-8-3-9-19-21-15/h2-3,6-9,12H,4-5,10-11H2,1H3,(H,20,23)/t12-/m1/s1. The number of nitrogens with zero attached hydrogens (tertiary/aromatic N) is 3. The van der Waals surface area contributed by atoms with Crippen molar-refractivity contribution < 1.29 is 9.18 Å². The van der Waals surface area contributed by atoms with Gasteiger partial charge in [0.25, 0.3) is 5.91 Å². The van der Waals surface area contributed by atoms with Crippen LogP contribution in [-0.4, -0.2) is 41.5 Å². The smallest absolute Gasteiger partial charge is 0.255 e. The van der Waals surface area contributed by atoms with Gasteiger partial charge in [0.05, 0.1) is 5.56 Å². The monoisotopic (exact) mass is 346 g/mol. The van der Waals surface area contributed by atoms with E-state index in [-0.39, 0.29) is 17.5 Å². The van der Waals surface area contributed by atoms with Crippen LogP contribution < -0.4 is 10.2 Å². The Morgan fingerprint density at radius 3 is 3.00 bits per heavy atom. The zero-order chi connectivity index (χ0) is 16.9. The molecular formula is C17H19FN4OS. The van der Waals surface area contributed by atoms with Crippen LogP contribution in [0.2, 0.25) is 0 Å². The molecule has 2 heterocycles. The minimum absolute atomic E-state index is 0.0393. The summed E-state index contributed by atoms with van der Waals surface area (Å²) in [5, 5.41) is 11.0. The van der Waals surface area contributed by atoms with E-state index in [4.69, 9.17) is 0 Å². The largest absolute Gasteiger partial charge is 0.353 e. The summed E-state index contributed by atoms with van der Waals surface area (Å²) in [5.74, 6) is -0.0449. The summed E-state index contributed by atoms with van der Waals surface area (Å²) in [7, 11) is 0. The molecule has 1 N–H and O–H groups in total. The van der Waals surface area contributed by atoms with E-state index in [1.165, 1.54) is 17.8 Å². The molecule has 2 aromatic rings. The average Bonchev–Trinajstić information content (AvgIpc) is 2.62. The summed E-state index contributed by atoms with van der Waals surface area (Å²) < 4.78 is 14.1. The first kappa shape index (κ1) is 16.7. The minimum atomic E-state index is -0.485. The van der Waals surface area contributed by atoms with E-state index >= 15 is 0 Å². The van der Waals surface area contributed by atoms with Gasteiger partial charge in [0.1, 0.15) is 5.82 Å². The molecule has 5 nitrogen and oxygen atoms in total. The zero-order valence-electron chi connectivity index (χ0n) is 13.4. The molecule has 1 saturated heterocycles. The number of anilines is 1. The average molecular weight is 346 g/mol. The molecule has 1 atom stereocenters. The molecular weight excluding hydrogens is 327 g/mol. The number of nitrogens with one attached hydrogen (secondary N) is 1. The fraction of sp³-hybridized carbons (Fsp3) is 0.353. The van der Waals surface area contributed by atoms with E-state index in [2.05, 4.69) is 20.4 Å². The molecule has 0 aliphatic carbocycles. The van der Waals surface area contributed by atoms with Crippen molar-refractivity contribution in [2.75, 3.05) is 24.2 Å². The van der Waals surface area contributed by atoms with Crippen molar-refractivity contribution in [3.63, 3.8) is 0 Å². The number of amides is 1. The predicted molar refractivity (Wildman–Crippen MR) is 92.9 cm³/mol. The van der Waals surface area contributed by atoms with E-state index in [9.17, 15) is 9.18 Å². The number of piperidine rings is 1. The topological polar surface area (TPSA) is 58.1 Å². The lowest BCUT2D eigenvalue weighted by molar-refractivity contribution is 0.0926. The number of carbonyl (C=O) groups excluding carboxylic acids is 1. The fourth-order valence-electron chi connectivity index (χ4n) is 2.92. The number of benzene rings is 1. The van der Waals surface area contributed by atoms with Gasteiger partial charge in [-0.2, -0.15) is 5.10 Å². The third kappa shape index (κ3) is 3.67. The zero-order valence-corrected chi connectivity index (χ0v) is 14.2. The second-order valence-electron chi connectivity index (χ2n) is 5.66. The van der Waals surface area contributed by atoms with Crippen molar-refractivity contribution in [2.24, 2.45) is 0 Å². The molecule has 7 heteroatoms. The van der Waals surface area contributed by atoms with Crippen molar-refractivity contribution in [3.05, 3.63) is 47.9 Å². The Morgan fingerprint density at radius 1 is 1.38 bits per heavy atom. The molecule has 0 unspecified atom stereocenters. The van der Waals surface area contributed by atoms with E-state index in [0.29, 0.717) is 11.4 Å². The van der Waals surface area contributed by atoms with Crippen LogP contribution in [0.5, 0.6) is 0 Å². The summed E-state index contributed by atoms with van der Waals surface area (Å²) in [6.07, 6.45) is 5.27. The molecule has 1 aliphatic heterocycles. The van der Waals surface area contributed by atoms with Gasteiger partial charge < -0.3 is 10.2 Å². The number of hydrogen-bond acceptors (Lipinski definition) is 5. The van der Waals surface area contributed by atoms with Crippen LogP contribution in [0, 0.1) is 5.82 Å². The van der Waals surface area contributed by atoms with Crippen molar-refractivity contribution in [3.8, 4) is 0 Å². The van der Waals surface area contributed by atoms with E-state index in [1.807, 2.05) is 18.4 Å². The van der Waals surface area contributed by atoms with Crippen molar-refractivity contribution in [1.29, 1.82) is 0 Å². The SMILES string of the molecule is CSc1cccc(F)c1C(=O)N[C@@H]1CCCN(c2cccnn2)C1. The number of thioether (sulfide) groups is 1. The number of aromatic nitrogens is 2. The molecule has 1 aromatic heterocycles. The lowest BCUT2D eigenvalue weighted by atomic mass is 10.0. The van der Waals surface area contributed by atoms with Gasteiger partial charge in [-0.05, 0) is 43.4 Å². The van der Waals surface area contributed by atoms with Gasteiger partial charge >= 0.3 is 0 Å². The Kier molecular flexibility index (Phi) is 5.30. The van der Waals surface area contributed by atoms with E-state index < -0.39 is 5.82 Å². The summed E-state index contributed by atoms with van der Waals surface area (Å²) >= 11 is 1.37. The quantitative estimate of drug-likeness (QED) is 0.863. The Bertz CT molecular complexity index is 713. The highest BCUT2D eigenvalue weighted by Crippen LogP contribution is 2.23. The molecule has 0 spiro atoms. The second kappa shape index (κ2) is 7.61. The van der Waals surface area contributed by atoms with Gasteiger partial charge in [0.15, 0.2) is 5.82 Å². The van der Waals surface area contributed by atoms with Crippen LogP contribution in [-0.2, 0) is 0 Å². The Hall–Kier alpha value is -2.15. The van der Waals surface area contributed by atoms with Crippen molar-refractivity contribution in [2.45, 2.75) is 23.8 Å². The molecule has 1 aliphatic rings. The van der Waals surface area contributed by atoms with Crippen LogP contribution in [0.25, 0.3) is 0 Å². The van der Waals surface area contributed by atoms with Crippen LogP contribution in [0.4, 0.5) is 10.2 Å². The second-order valence-corrected chi connectivity index (χ2v) is 6.51. The third-order valence-electron chi connectivity index (χ3n) is 4.06. The number of carbonyl (C=O) groups is 1. The molecule has 1 aromatic carbocycles. The van der Waals surface area contributed by atoms with Crippen molar-refractivity contribution >= 4 is 23.5 Å². The highest BCUT2D eigenvalue weighted by Gasteiger charge is 2.25. The van der Waals surface area contributed by atoms with Crippen LogP contribution in [0.1, 0.15) is 23.2 Å². The molecule has 24 heavy (non-hydrogen) atoms. The predicted octanol–water partition coefficient (Wildman–Crippen LogP) is 2.74. The first-order valence-corrected chi connectivity index (χ1v) is 9.07. The number of halogens is 1. The molecule has 0 radical (unpaired) electrons. The maximum absolute atomic E-state index is 14.1. The number of hydrogen-bond donors (Lipinski definition) is 1.